The molecular formula is C34H34Cl3N3O5S. The predicted molar refractivity (Wildman–Crippen MR) is 183 cm³/mol. The van der Waals surface area contributed by atoms with Crippen LogP contribution >= 0.6 is 34.8 Å². The van der Waals surface area contributed by atoms with E-state index in [9.17, 15) is 18.0 Å². The fourth-order valence-electron chi connectivity index (χ4n) is 4.87. The van der Waals surface area contributed by atoms with Crippen LogP contribution in [0, 0.1) is 0 Å². The van der Waals surface area contributed by atoms with Gasteiger partial charge in [0.15, 0.2) is 0 Å². The Balaban J connectivity index is 1.85. The Bertz CT molecular complexity index is 1760. The number of likely N-dealkylation sites (N-methyl/N-ethyl adjacent to an activating group) is 1. The van der Waals surface area contributed by atoms with E-state index < -0.39 is 34.4 Å². The maximum Gasteiger partial charge on any atom is 0.264 e. The van der Waals surface area contributed by atoms with Crippen molar-refractivity contribution < 1.29 is 22.7 Å². The third kappa shape index (κ3) is 8.73. The maximum absolute atomic E-state index is 14.6. The zero-order chi connectivity index (χ0) is 33.3. The van der Waals surface area contributed by atoms with Crippen molar-refractivity contribution in [3.63, 3.8) is 0 Å². The van der Waals surface area contributed by atoms with E-state index in [2.05, 4.69) is 5.32 Å². The van der Waals surface area contributed by atoms with Gasteiger partial charge < -0.3 is 15.0 Å². The third-order valence-electron chi connectivity index (χ3n) is 7.09. The third-order valence-corrected chi connectivity index (χ3v) is 9.71. The number of amides is 2. The molecule has 0 aliphatic carbocycles. The average molecular weight is 703 g/mol. The van der Waals surface area contributed by atoms with Crippen molar-refractivity contribution in [1.29, 1.82) is 0 Å². The molecule has 4 aromatic rings. The van der Waals surface area contributed by atoms with Crippen LogP contribution in [0.4, 0.5) is 5.69 Å². The van der Waals surface area contributed by atoms with E-state index in [1.807, 2.05) is 30.3 Å². The molecule has 1 N–H and O–H groups in total. The molecule has 0 heterocycles. The first-order chi connectivity index (χ1) is 22.0. The fourth-order valence-corrected chi connectivity index (χ4v) is 6.89. The van der Waals surface area contributed by atoms with Gasteiger partial charge in [-0.15, -0.1) is 0 Å². The molecule has 0 fully saturated rings. The molecule has 0 aromatic heterocycles. The number of nitrogens with zero attached hydrogens (tertiary/aromatic N) is 2. The standard InChI is InChI=1S/C34H34Cl3N3O5S/c1-3-38-34(42)31(20-24-10-6-5-7-11-24)39(22-25-14-15-27(36)21-29(25)37)33(41)23-40(30-12-8-9-13-32(30)45-4-2)46(43,44)28-18-16-26(35)17-19-28/h5-19,21,31H,3-4,20,22-23H2,1-2H3,(H,38,42)/t31-/m1/s1. The first-order valence-electron chi connectivity index (χ1n) is 14.6. The van der Waals surface area contributed by atoms with Crippen LogP contribution in [-0.4, -0.2) is 50.9 Å². The summed E-state index contributed by atoms with van der Waals surface area (Å²) in [5, 5.41) is 3.89. The highest BCUT2D eigenvalue weighted by atomic mass is 35.5. The zero-order valence-electron chi connectivity index (χ0n) is 25.3. The average Bonchev–Trinajstić information content (AvgIpc) is 3.03. The minimum Gasteiger partial charge on any atom is -0.492 e. The molecule has 0 aliphatic rings. The van der Waals surface area contributed by atoms with Crippen LogP contribution in [0.1, 0.15) is 25.0 Å². The van der Waals surface area contributed by atoms with E-state index in [1.54, 1.807) is 56.3 Å². The molecule has 12 heteroatoms. The molecule has 0 unspecified atom stereocenters. The van der Waals surface area contributed by atoms with E-state index in [-0.39, 0.29) is 35.9 Å². The van der Waals surface area contributed by atoms with Crippen molar-refractivity contribution in [1.82, 2.24) is 10.2 Å². The Kier molecular flexibility index (Phi) is 12.3. The van der Waals surface area contributed by atoms with E-state index in [4.69, 9.17) is 39.5 Å². The summed E-state index contributed by atoms with van der Waals surface area (Å²) in [6, 6.07) is 25.4. The Morgan fingerprint density at radius 1 is 0.848 bits per heavy atom. The molecule has 0 spiro atoms. The van der Waals surface area contributed by atoms with Gasteiger partial charge in [0, 0.05) is 34.6 Å². The molecule has 4 rings (SSSR count). The molecule has 46 heavy (non-hydrogen) atoms. The van der Waals surface area contributed by atoms with Crippen molar-refractivity contribution in [3.8, 4) is 5.75 Å². The fraction of sp³-hybridized carbons (Fsp3) is 0.235. The summed E-state index contributed by atoms with van der Waals surface area (Å²) in [7, 11) is -4.34. The summed E-state index contributed by atoms with van der Waals surface area (Å²) in [5.74, 6) is -0.763. The van der Waals surface area contributed by atoms with Crippen LogP contribution < -0.4 is 14.4 Å². The summed E-state index contributed by atoms with van der Waals surface area (Å²) < 4.78 is 35.3. The Morgan fingerprint density at radius 3 is 2.15 bits per heavy atom. The molecule has 4 aromatic carbocycles. The Hall–Kier alpha value is -3.76. The molecule has 8 nitrogen and oxygen atoms in total. The smallest absolute Gasteiger partial charge is 0.264 e. The molecule has 0 bridgehead atoms. The number of anilines is 1. The van der Waals surface area contributed by atoms with Crippen LogP contribution in [0.3, 0.4) is 0 Å². The van der Waals surface area contributed by atoms with E-state index in [1.165, 1.54) is 29.2 Å². The minimum atomic E-state index is -4.34. The first kappa shape index (κ1) is 35.1. The maximum atomic E-state index is 14.6. The topological polar surface area (TPSA) is 96.0 Å². The van der Waals surface area contributed by atoms with Gasteiger partial charge in [-0.25, -0.2) is 8.42 Å². The molecular weight excluding hydrogens is 669 g/mol. The SMILES string of the molecule is CCNC(=O)[C@@H](Cc1ccccc1)N(Cc1ccc(Cl)cc1Cl)C(=O)CN(c1ccccc1OCC)S(=O)(=O)c1ccc(Cl)cc1. The van der Waals surface area contributed by atoms with Crippen molar-refractivity contribution in [3.05, 3.63) is 123 Å². The van der Waals surface area contributed by atoms with Crippen LogP contribution in [-0.2, 0) is 32.6 Å². The number of ether oxygens (including phenoxy) is 1. The summed E-state index contributed by atoms with van der Waals surface area (Å²) in [5.41, 5.74) is 1.50. The lowest BCUT2D eigenvalue weighted by Gasteiger charge is -2.34. The highest BCUT2D eigenvalue weighted by Gasteiger charge is 2.35. The van der Waals surface area contributed by atoms with Gasteiger partial charge in [-0.1, -0.05) is 83.3 Å². The van der Waals surface area contributed by atoms with Gasteiger partial charge in [-0.2, -0.15) is 0 Å². The quantitative estimate of drug-likeness (QED) is 0.153. The first-order valence-corrected chi connectivity index (χ1v) is 17.2. The number of carbonyl (C=O) groups is 2. The number of nitrogens with one attached hydrogen (secondary N) is 1. The Morgan fingerprint density at radius 2 is 1.50 bits per heavy atom. The van der Waals surface area contributed by atoms with Crippen molar-refractivity contribution >= 4 is 62.3 Å². The second kappa shape index (κ2) is 16.2. The van der Waals surface area contributed by atoms with Crippen molar-refractivity contribution in [2.24, 2.45) is 0 Å². The lowest BCUT2D eigenvalue weighted by Crippen LogP contribution is -2.53. The van der Waals surface area contributed by atoms with Gasteiger partial charge in [-0.3, -0.25) is 13.9 Å². The normalized spacial score (nSPS) is 11.8. The molecule has 242 valence electrons. The minimum absolute atomic E-state index is 0.0761. The van der Waals surface area contributed by atoms with Gasteiger partial charge in [0.05, 0.1) is 17.2 Å². The highest BCUT2D eigenvalue weighted by molar-refractivity contribution is 7.92. The monoisotopic (exact) mass is 701 g/mol. The number of sulfonamides is 1. The van der Waals surface area contributed by atoms with Crippen molar-refractivity contribution in [2.45, 2.75) is 37.8 Å². The lowest BCUT2D eigenvalue weighted by molar-refractivity contribution is -0.140. The van der Waals surface area contributed by atoms with Gasteiger partial charge in [0.25, 0.3) is 10.0 Å². The van der Waals surface area contributed by atoms with Crippen LogP contribution in [0.2, 0.25) is 15.1 Å². The second-order valence-corrected chi connectivity index (χ2v) is 13.4. The summed E-state index contributed by atoms with van der Waals surface area (Å²) in [4.78, 5) is 29.5. The molecule has 0 saturated heterocycles. The number of rotatable bonds is 14. The van der Waals surface area contributed by atoms with Gasteiger partial charge in [0.1, 0.15) is 18.3 Å². The van der Waals surface area contributed by atoms with Gasteiger partial charge >= 0.3 is 0 Å². The van der Waals surface area contributed by atoms with E-state index >= 15 is 0 Å². The highest BCUT2D eigenvalue weighted by Crippen LogP contribution is 2.33. The van der Waals surface area contributed by atoms with Crippen LogP contribution in [0.5, 0.6) is 5.75 Å². The van der Waals surface area contributed by atoms with E-state index in [0.29, 0.717) is 27.2 Å². The number of para-hydroxylation sites is 2. The van der Waals surface area contributed by atoms with Crippen LogP contribution in [0.25, 0.3) is 0 Å². The second-order valence-electron chi connectivity index (χ2n) is 10.2. The summed E-state index contributed by atoms with van der Waals surface area (Å²) in [6.07, 6.45) is 0.170. The van der Waals surface area contributed by atoms with Gasteiger partial charge in [-0.05, 0) is 73.5 Å². The van der Waals surface area contributed by atoms with Gasteiger partial charge in [0.2, 0.25) is 11.8 Å². The molecule has 0 radical (unpaired) electrons. The molecule has 0 saturated carbocycles. The summed E-state index contributed by atoms with van der Waals surface area (Å²) in [6.45, 7) is 3.41. The predicted octanol–water partition coefficient (Wildman–Crippen LogP) is 7.02. The number of hydrogen-bond acceptors (Lipinski definition) is 5. The largest absolute Gasteiger partial charge is 0.492 e. The molecule has 2 amide bonds. The number of carbonyl (C=O) groups excluding carboxylic acids is 2. The molecule has 1 atom stereocenters. The number of hydrogen-bond donors (Lipinski definition) is 1. The van der Waals surface area contributed by atoms with Crippen molar-refractivity contribution in [2.75, 3.05) is 24.0 Å². The number of halogens is 3. The number of benzene rings is 4. The molecule has 0 aliphatic heterocycles. The Labute approximate surface area is 284 Å². The summed E-state index contributed by atoms with van der Waals surface area (Å²) >= 11 is 18.8. The van der Waals surface area contributed by atoms with E-state index in [0.717, 1.165) is 9.87 Å². The zero-order valence-corrected chi connectivity index (χ0v) is 28.4. The van der Waals surface area contributed by atoms with Crippen LogP contribution in [0.15, 0.2) is 102 Å². The lowest BCUT2D eigenvalue weighted by atomic mass is 10.0.